The summed E-state index contributed by atoms with van der Waals surface area (Å²) in [4.78, 5) is 10.4. The van der Waals surface area contributed by atoms with Crippen molar-refractivity contribution in [1.82, 2.24) is 0 Å². The molecule has 0 unspecified atom stereocenters. The molecule has 172 valence electrons. The molecular weight excluding hydrogens is 425 g/mol. The van der Waals surface area contributed by atoms with Crippen LogP contribution in [0.2, 0.25) is 0 Å². The summed E-state index contributed by atoms with van der Waals surface area (Å²) in [5.74, 6) is -0.541. The Kier molecular flexibility index (Phi) is 8.34. The third-order valence-corrected chi connectivity index (χ3v) is 4.90. The van der Waals surface area contributed by atoms with Crippen LogP contribution in [0.15, 0.2) is 61.2 Å². The maximum Gasteiger partial charge on any atom is 0.338 e. The highest BCUT2D eigenvalue weighted by atomic mass is 19.1. The molecule has 0 aliphatic heterocycles. The van der Waals surface area contributed by atoms with Crippen molar-refractivity contribution < 1.29 is 28.9 Å². The Morgan fingerprint density at radius 3 is 2.18 bits per heavy atom. The van der Waals surface area contributed by atoms with Crippen molar-refractivity contribution in [2.24, 2.45) is 0 Å². The fourth-order valence-corrected chi connectivity index (χ4v) is 3.09. The molecule has 0 aliphatic carbocycles. The van der Waals surface area contributed by atoms with E-state index in [0.717, 1.165) is 40.1 Å². The zero-order chi connectivity index (χ0) is 24.7. The second-order valence-corrected chi connectivity index (χ2v) is 7.17. The van der Waals surface area contributed by atoms with Crippen LogP contribution >= 0.6 is 0 Å². The van der Waals surface area contributed by atoms with Gasteiger partial charge in [-0.3, -0.25) is 0 Å². The number of carboxylic acid groups (broad SMARTS) is 1. The summed E-state index contributed by atoms with van der Waals surface area (Å²) in [6.45, 7) is 7.36. The second-order valence-electron chi connectivity index (χ2n) is 7.17. The van der Waals surface area contributed by atoms with E-state index in [9.17, 15) is 14.3 Å². The van der Waals surface area contributed by atoms with Gasteiger partial charge in [-0.05, 0) is 66.9 Å². The van der Waals surface area contributed by atoms with Crippen molar-refractivity contribution in [2.45, 2.75) is 13.8 Å². The molecule has 7 heteroatoms. The lowest BCUT2D eigenvalue weighted by Gasteiger charge is -2.13. The van der Waals surface area contributed by atoms with Gasteiger partial charge in [0.2, 0.25) is 0 Å². The molecule has 33 heavy (non-hydrogen) atoms. The van der Waals surface area contributed by atoms with Crippen LogP contribution < -0.4 is 4.74 Å². The van der Waals surface area contributed by atoms with Crippen molar-refractivity contribution in [3.63, 3.8) is 0 Å². The molecular formula is C26H26FNO5. The van der Waals surface area contributed by atoms with Crippen LogP contribution in [0.3, 0.4) is 0 Å². The predicted octanol–water partition coefficient (Wildman–Crippen LogP) is 5.90. The van der Waals surface area contributed by atoms with Crippen LogP contribution in [0.1, 0.15) is 34.0 Å². The number of methoxy groups -OCH3 is 2. The lowest BCUT2D eigenvalue weighted by molar-refractivity contribution is 0.0692. The standard InChI is InChI=1S/C17H18O3.C9H8FNO2/c1-11-9-13(12(2)19-3)5-7-15(11)16-10-14(18)6-8-17(16)20-4;1-5(11)6-2-3-7(9(12)13)8(10)4-6/h5-10,18H,2H2,1,3-4H3;2-4,11H,1H3,(H,12,13). The molecule has 0 amide bonds. The van der Waals surface area contributed by atoms with Gasteiger partial charge in [0.25, 0.3) is 0 Å². The van der Waals surface area contributed by atoms with Crippen LogP contribution in [0, 0.1) is 18.2 Å². The number of halogens is 1. The lowest BCUT2D eigenvalue weighted by atomic mass is 9.97. The highest BCUT2D eigenvalue weighted by Gasteiger charge is 2.12. The van der Waals surface area contributed by atoms with Crippen LogP contribution in [-0.2, 0) is 4.74 Å². The van der Waals surface area contributed by atoms with E-state index in [1.54, 1.807) is 32.4 Å². The first kappa shape index (κ1) is 25.1. The lowest BCUT2D eigenvalue weighted by Crippen LogP contribution is -2.02. The Hall–Kier alpha value is -4.13. The molecule has 0 aliphatic rings. The Morgan fingerprint density at radius 2 is 1.67 bits per heavy atom. The number of hydrogen-bond acceptors (Lipinski definition) is 5. The topological polar surface area (TPSA) is 99.8 Å². The monoisotopic (exact) mass is 451 g/mol. The molecule has 3 aromatic rings. The first-order chi connectivity index (χ1) is 15.6. The van der Waals surface area contributed by atoms with E-state index < -0.39 is 11.8 Å². The molecule has 0 bridgehead atoms. The molecule has 3 rings (SSSR count). The molecule has 6 nitrogen and oxygen atoms in total. The molecule has 0 atom stereocenters. The van der Waals surface area contributed by atoms with E-state index in [0.29, 0.717) is 11.3 Å². The fraction of sp³-hybridized carbons (Fsp3) is 0.154. The third-order valence-electron chi connectivity index (χ3n) is 4.90. The van der Waals surface area contributed by atoms with Crippen LogP contribution in [-0.4, -0.2) is 36.1 Å². The van der Waals surface area contributed by atoms with Crippen LogP contribution in [0.5, 0.6) is 11.5 Å². The zero-order valence-corrected chi connectivity index (χ0v) is 18.9. The molecule has 0 saturated carbocycles. The first-order valence-corrected chi connectivity index (χ1v) is 9.88. The number of phenols is 1. The number of rotatable bonds is 6. The average molecular weight is 451 g/mol. The molecule has 3 N–H and O–H groups in total. The predicted molar refractivity (Wildman–Crippen MR) is 127 cm³/mol. The number of aromatic hydroxyl groups is 1. The molecule has 0 aromatic heterocycles. The number of aromatic carboxylic acids is 1. The Bertz CT molecular complexity index is 1200. The number of aryl methyl sites for hydroxylation is 1. The number of carboxylic acids is 1. The van der Waals surface area contributed by atoms with Gasteiger partial charge in [0.05, 0.1) is 19.8 Å². The number of benzene rings is 3. The highest BCUT2D eigenvalue weighted by Crippen LogP contribution is 2.35. The minimum absolute atomic E-state index is 0.204. The van der Waals surface area contributed by atoms with Gasteiger partial charge >= 0.3 is 5.97 Å². The second kappa shape index (κ2) is 10.9. The third kappa shape index (κ3) is 6.20. The normalized spacial score (nSPS) is 9.97. The van der Waals surface area contributed by atoms with Gasteiger partial charge in [0.1, 0.15) is 23.1 Å². The fourth-order valence-electron chi connectivity index (χ4n) is 3.09. The molecule has 0 spiro atoms. The summed E-state index contributed by atoms with van der Waals surface area (Å²) in [5.41, 5.74) is 4.09. The maximum absolute atomic E-state index is 13.0. The minimum Gasteiger partial charge on any atom is -0.508 e. The summed E-state index contributed by atoms with van der Waals surface area (Å²) < 4.78 is 23.5. The quantitative estimate of drug-likeness (QED) is 0.320. The molecule has 0 heterocycles. The van der Waals surface area contributed by atoms with Crippen molar-refractivity contribution >= 4 is 17.4 Å². The Morgan fingerprint density at radius 1 is 1.00 bits per heavy atom. The van der Waals surface area contributed by atoms with Gasteiger partial charge in [0, 0.05) is 16.8 Å². The summed E-state index contributed by atoms with van der Waals surface area (Å²) in [5, 5.41) is 25.4. The largest absolute Gasteiger partial charge is 0.508 e. The van der Waals surface area contributed by atoms with Gasteiger partial charge in [-0.25, -0.2) is 9.18 Å². The maximum atomic E-state index is 13.0. The number of carbonyl (C=O) groups is 1. The molecule has 0 radical (unpaired) electrons. The van der Waals surface area contributed by atoms with E-state index in [2.05, 4.69) is 6.58 Å². The number of nitrogens with one attached hydrogen (secondary N) is 1. The smallest absolute Gasteiger partial charge is 0.338 e. The van der Waals surface area contributed by atoms with E-state index in [1.165, 1.54) is 13.0 Å². The van der Waals surface area contributed by atoms with Gasteiger partial charge < -0.3 is 25.1 Å². The van der Waals surface area contributed by atoms with E-state index in [1.807, 2.05) is 25.1 Å². The minimum atomic E-state index is -1.30. The Labute approximate surface area is 192 Å². The Balaban J connectivity index is 0.000000257. The zero-order valence-electron chi connectivity index (χ0n) is 18.9. The van der Waals surface area contributed by atoms with Crippen molar-refractivity contribution in [1.29, 1.82) is 5.41 Å². The number of phenolic OH excluding ortho intramolecular Hbond substituents is 1. The van der Waals surface area contributed by atoms with Gasteiger partial charge in [-0.2, -0.15) is 0 Å². The summed E-state index contributed by atoms with van der Waals surface area (Å²) >= 11 is 0. The molecule has 0 saturated heterocycles. The summed E-state index contributed by atoms with van der Waals surface area (Å²) in [7, 11) is 3.22. The summed E-state index contributed by atoms with van der Waals surface area (Å²) in [6.07, 6.45) is 0. The van der Waals surface area contributed by atoms with E-state index in [4.69, 9.17) is 20.0 Å². The number of hydrogen-bond donors (Lipinski definition) is 3. The summed E-state index contributed by atoms with van der Waals surface area (Å²) in [6, 6.07) is 14.6. The molecule has 3 aromatic carbocycles. The SMILES string of the molecule is C=C(OC)c1ccc(-c2cc(O)ccc2OC)c(C)c1.CC(=N)c1ccc(C(=O)O)c(F)c1. The molecule has 0 fully saturated rings. The van der Waals surface area contributed by atoms with Crippen LogP contribution in [0.25, 0.3) is 16.9 Å². The first-order valence-electron chi connectivity index (χ1n) is 9.88. The van der Waals surface area contributed by atoms with Gasteiger partial charge in [-0.1, -0.05) is 24.8 Å². The highest BCUT2D eigenvalue weighted by molar-refractivity contribution is 5.97. The van der Waals surface area contributed by atoms with E-state index in [-0.39, 0.29) is 17.0 Å². The van der Waals surface area contributed by atoms with Crippen LogP contribution in [0.4, 0.5) is 4.39 Å². The van der Waals surface area contributed by atoms with Crippen molar-refractivity contribution in [3.05, 3.63) is 89.2 Å². The average Bonchev–Trinajstić information content (AvgIpc) is 2.78. The number of ether oxygens (including phenoxy) is 2. The van der Waals surface area contributed by atoms with Crippen molar-refractivity contribution in [3.8, 4) is 22.6 Å². The van der Waals surface area contributed by atoms with Gasteiger partial charge in [0.15, 0.2) is 0 Å². The van der Waals surface area contributed by atoms with Gasteiger partial charge in [-0.15, -0.1) is 0 Å². The van der Waals surface area contributed by atoms with Crippen molar-refractivity contribution in [2.75, 3.05) is 14.2 Å². The van der Waals surface area contributed by atoms with E-state index >= 15 is 0 Å².